The summed E-state index contributed by atoms with van der Waals surface area (Å²) in [6, 6.07) is 9.81. The Hall–Kier alpha value is -3.60. The van der Waals surface area contributed by atoms with Crippen LogP contribution >= 0.6 is 0 Å². The summed E-state index contributed by atoms with van der Waals surface area (Å²) in [5.41, 5.74) is 5.50. The predicted molar refractivity (Wildman–Crippen MR) is 125 cm³/mol. The molecule has 1 fully saturated rings. The van der Waals surface area contributed by atoms with Crippen molar-refractivity contribution in [3.05, 3.63) is 76.9 Å². The highest BCUT2D eigenvalue weighted by atomic mass is 19.4. The van der Waals surface area contributed by atoms with E-state index in [1.165, 1.54) is 18.5 Å². The third-order valence-corrected chi connectivity index (χ3v) is 6.43. The number of rotatable bonds is 6. The Kier molecular flexibility index (Phi) is 6.11. The van der Waals surface area contributed by atoms with E-state index in [-0.39, 0.29) is 18.9 Å². The van der Waals surface area contributed by atoms with Crippen molar-refractivity contribution in [3.8, 4) is 17.1 Å². The predicted octanol–water partition coefficient (Wildman–Crippen LogP) is 4.40. The average molecular weight is 500 g/mol. The summed E-state index contributed by atoms with van der Waals surface area (Å²) in [5.74, 6) is -1.06. The Balaban J connectivity index is 1.48. The molecule has 0 N–H and O–H groups in total. The Morgan fingerprint density at radius 1 is 1.00 bits per heavy atom. The number of aryl methyl sites for hydroxylation is 3. The zero-order chi connectivity index (χ0) is 25.6. The van der Waals surface area contributed by atoms with Gasteiger partial charge in [-0.2, -0.15) is 23.4 Å². The van der Waals surface area contributed by atoms with Gasteiger partial charge in [-0.15, -0.1) is 0 Å². The van der Waals surface area contributed by atoms with Crippen molar-refractivity contribution in [2.45, 2.75) is 33.0 Å². The van der Waals surface area contributed by atoms with Crippen molar-refractivity contribution >= 4 is 0 Å². The average Bonchev–Trinajstić information content (AvgIpc) is 3.27. The van der Waals surface area contributed by atoms with Gasteiger partial charge in [-0.25, -0.2) is 19.0 Å². The molecule has 0 atom stereocenters. The van der Waals surface area contributed by atoms with Gasteiger partial charge >= 0.3 is 6.18 Å². The van der Waals surface area contributed by atoms with Crippen LogP contribution in [0, 0.1) is 25.6 Å². The first-order valence-electron chi connectivity index (χ1n) is 11.5. The fourth-order valence-electron chi connectivity index (χ4n) is 4.66. The molecule has 0 aliphatic carbocycles. The van der Waals surface area contributed by atoms with Gasteiger partial charge in [0.05, 0.1) is 28.7 Å². The van der Waals surface area contributed by atoms with Crippen molar-refractivity contribution < 1.29 is 17.6 Å². The molecule has 1 aliphatic heterocycles. The lowest BCUT2D eigenvalue weighted by Crippen LogP contribution is -2.52. The molecule has 188 valence electrons. The quantitative estimate of drug-likeness (QED) is 0.368. The standard InChI is InChI=1S/C25H25F4N7/c1-15-8-16(2)36(32-15)23-10-20(30-14-31-23)9-22-21(13-35-11-18(12-35)25(27,28)29)24(34(3)33-22)17-4-6-19(26)7-5-17/h4-8,10,14,18H,9,11-13H2,1-3H3. The van der Waals surface area contributed by atoms with Crippen molar-refractivity contribution in [2.75, 3.05) is 13.1 Å². The van der Waals surface area contributed by atoms with E-state index in [0.717, 1.165) is 28.2 Å². The van der Waals surface area contributed by atoms with Crippen LogP contribution in [0.3, 0.4) is 0 Å². The third kappa shape index (κ3) is 4.75. The van der Waals surface area contributed by atoms with E-state index in [1.54, 1.807) is 33.4 Å². The van der Waals surface area contributed by atoms with Crippen LogP contribution in [-0.4, -0.2) is 53.7 Å². The highest BCUT2D eigenvalue weighted by Crippen LogP contribution is 2.36. The van der Waals surface area contributed by atoms with Gasteiger partial charge in [0.15, 0.2) is 5.82 Å². The monoisotopic (exact) mass is 499 g/mol. The SMILES string of the molecule is Cc1cc(C)n(-c2cc(Cc3nn(C)c(-c4ccc(F)cc4)c3CN3CC(C(F)(F)F)C3)ncn2)n1. The molecule has 5 rings (SSSR count). The van der Waals surface area contributed by atoms with Gasteiger partial charge in [0.25, 0.3) is 0 Å². The number of likely N-dealkylation sites (tertiary alicyclic amines) is 1. The maximum absolute atomic E-state index is 13.6. The molecule has 36 heavy (non-hydrogen) atoms. The Morgan fingerprint density at radius 3 is 2.36 bits per heavy atom. The molecule has 11 heteroatoms. The van der Waals surface area contributed by atoms with Gasteiger partial charge in [0, 0.05) is 56.0 Å². The van der Waals surface area contributed by atoms with E-state index in [0.29, 0.717) is 30.2 Å². The number of hydrogen-bond donors (Lipinski definition) is 0. The lowest BCUT2D eigenvalue weighted by atomic mass is 9.96. The van der Waals surface area contributed by atoms with Gasteiger partial charge in [0.2, 0.25) is 0 Å². The lowest BCUT2D eigenvalue weighted by Gasteiger charge is -2.40. The Labute approximate surface area is 205 Å². The molecule has 1 aromatic carbocycles. The molecular weight excluding hydrogens is 474 g/mol. The van der Waals surface area contributed by atoms with Crippen LogP contribution in [0.1, 0.15) is 28.3 Å². The number of benzene rings is 1. The molecule has 4 heterocycles. The molecule has 1 aliphatic rings. The van der Waals surface area contributed by atoms with Gasteiger partial charge < -0.3 is 0 Å². The van der Waals surface area contributed by atoms with Crippen molar-refractivity contribution in [1.82, 2.24) is 34.4 Å². The summed E-state index contributed by atoms with van der Waals surface area (Å²) in [6.45, 7) is 4.03. The van der Waals surface area contributed by atoms with Crippen molar-refractivity contribution in [2.24, 2.45) is 13.0 Å². The van der Waals surface area contributed by atoms with Gasteiger partial charge in [-0.05, 0) is 44.2 Å². The minimum atomic E-state index is -4.20. The molecule has 0 spiro atoms. The van der Waals surface area contributed by atoms with E-state index in [4.69, 9.17) is 5.10 Å². The second-order valence-electron chi connectivity index (χ2n) is 9.22. The molecule has 3 aromatic heterocycles. The third-order valence-electron chi connectivity index (χ3n) is 6.43. The van der Waals surface area contributed by atoms with E-state index < -0.39 is 12.1 Å². The van der Waals surface area contributed by atoms with E-state index >= 15 is 0 Å². The number of aromatic nitrogens is 6. The molecule has 7 nitrogen and oxygen atoms in total. The fourth-order valence-corrected chi connectivity index (χ4v) is 4.66. The first-order valence-corrected chi connectivity index (χ1v) is 11.5. The number of alkyl halides is 3. The van der Waals surface area contributed by atoms with Crippen LogP contribution in [0.15, 0.2) is 42.7 Å². The molecular formula is C25H25F4N7. The molecule has 0 saturated carbocycles. The molecule has 0 radical (unpaired) electrons. The van der Waals surface area contributed by atoms with Crippen LogP contribution in [0.5, 0.6) is 0 Å². The van der Waals surface area contributed by atoms with Gasteiger partial charge in [0.1, 0.15) is 12.1 Å². The highest BCUT2D eigenvalue weighted by Gasteiger charge is 2.47. The van der Waals surface area contributed by atoms with Crippen molar-refractivity contribution in [3.63, 3.8) is 0 Å². The summed E-state index contributed by atoms with van der Waals surface area (Å²) < 4.78 is 56.2. The zero-order valence-corrected chi connectivity index (χ0v) is 20.1. The van der Waals surface area contributed by atoms with Gasteiger partial charge in [-0.3, -0.25) is 9.58 Å². The highest BCUT2D eigenvalue weighted by molar-refractivity contribution is 5.65. The van der Waals surface area contributed by atoms with E-state index in [9.17, 15) is 17.6 Å². The van der Waals surface area contributed by atoms with E-state index in [1.807, 2.05) is 26.0 Å². The Bertz CT molecular complexity index is 1380. The van der Waals surface area contributed by atoms with Crippen LogP contribution in [0.4, 0.5) is 17.6 Å². The molecule has 1 saturated heterocycles. The van der Waals surface area contributed by atoms with Crippen molar-refractivity contribution in [1.29, 1.82) is 0 Å². The van der Waals surface area contributed by atoms with Gasteiger partial charge in [-0.1, -0.05) is 0 Å². The topological polar surface area (TPSA) is 64.7 Å². The summed E-state index contributed by atoms with van der Waals surface area (Å²) in [5, 5.41) is 9.17. The first kappa shape index (κ1) is 24.1. The fraction of sp³-hybridized carbons (Fsp3) is 0.360. The zero-order valence-electron chi connectivity index (χ0n) is 20.1. The summed E-state index contributed by atoms with van der Waals surface area (Å²) in [7, 11) is 1.78. The minimum Gasteiger partial charge on any atom is -0.298 e. The number of halogens is 4. The van der Waals surface area contributed by atoms with Crippen LogP contribution in [0.2, 0.25) is 0 Å². The smallest absolute Gasteiger partial charge is 0.298 e. The largest absolute Gasteiger partial charge is 0.394 e. The first-order chi connectivity index (χ1) is 17.1. The summed E-state index contributed by atoms with van der Waals surface area (Å²) in [4.78, 5) is 10.5. The summed E-state index contributed by atoms with van der Waals surface area (Å²) >= 11 is 0. The van der Waals surface area contributed by atoms with Crippen LogP contribution < -0.4 is 0 Å². The lowest BCUT2D eigenvalue weighted by molar-refractivity contribution is -0.210. The second kappa shape index (κ2) is 9.12. The Morgan fingerprint density at radius 2 is 1.72 bits per heavy atom. The van der Waals surface area contributed by atoms with Crippen LogP contribution in [0.25, 0.3) is 17.1 Å². The molecule has 0 amide bonds. The second-order valence-corrected chi connectivity index (χ2v) is 9.22. The maximum Gasteiger partial charge on any atom is 0.394 e. The number of hydrogen-bond acceptors (Lipinski definition) is 5. The molecule has 0 bridgehead atoms. The summed E-state index contributed by atoms with van der Waals surface area (Å²) in [6.07, 6.45) is -2.38. The molecule has 0 unspecified atom stereocenters. The number of nitrogens with zero attached hydrogens (tertiary/aromatic N) is 7. The minimum absolute atomic E-state index is 0.0593. The van der Waals surface area contributed by atoms with Crippen LogP contribution in [-0.2, 0) is 20.0 Å². The molecule has 4 aromatic rings. The normalized spacial score (nSPS) is 14.9. The van der Waals surface area contributed by atoms with E-state index in [2.05, 4.69) is 15.1 Å². The maximum atomic E-state index is 13.6.